The zero-order valence-electron chi connectivity index (χ0n) is 16.6. The number of benzene rings is 1. The molecule has 1 heterocycles. The minimum Gasteiger partial charge on any atom is -0.378 e. The number of rotatable bonds is 5. The second kappa shape index (κ2) is 8.76. The largest absolute Gasteiger partial charge is 0.378 e. The summed E-state index contributed by atoms with van der Waals surface area (Å²) < 4.78 is 0. The number of anilines is 2. The third kappa shape index (κ3) is 5.13. The first-order chi connectivity index (χ1) is 12.5. The number of urea groups is 1. The molecule has 0 spiro atoms. The first kappa shape index (κ1) is 19.0. The highest BCUT2D eigenvalue weighted by Gasteiger charge is 2.24. The molecule has 2 amide bonds. The molecule has 2 fully saturated rings. The average Bonchev–Trinajstić information content (AvgIpc) is 3.11. The molecule has 1 aromatic carbocycles. The third-order valence-electron chi connectivity index (χ3n) is 5.89. The zero-order valence-corrected chi connectivity index (χ0v) is 16.6. The van der Waals surface area contributed by atoms with Crippen LogP contribution in [0.2, 0.25) is 0 Å². The molecule has 1 saturated heterocycles. The summed E-state index contributed by atoms with van der Waals surface area (Å²) in [6, 6.07) is 6.31. The molecule has 0 unspecified atom stereocenters. The quantitative estimate of drug-likeness (QED) is 0.841. The Morgan fingerprint density at radius 1 is 1.15 bits per heavy atom. The molecule has 2 aliphatic rings. The molecule has 26 heavy (non-hydrogen) atoms. The lowest BCUT2D eigenvalue weighted by Crippen LogP contribution is -2.46. The van der Waals surface area contributed by atoms with E-state index >= 15 is 0 Å². The minimum absolute atomic E-state index is 0.0834. The van der Waals surface area contributed by atoms with E-state index in [-0.39, 0.29) is 12.1 Å². The number of hydrogen-bond acceptors (Lipinski definition) is 3. The van der Waals surface area contributed by atoms with Gasteiger partial charge in [0.05, 0.1) is 0 Å². The maximum absolute atomic E-state index is 12.4. The topological polar surface area (TPSA) is 47.6 Å². The van der Waals surface area contributed by atoms with E-state index in [0.29, 0.717) is 0 Å². The van der Waals surface area contributed by atoms with Gasteiger partial charge in [0.15, 0.2) is 0 Å². The van der Waals surface area contributed by atoms with Crippen molar-refractivity contribution in [2.45, 2.75) is 51.5 Å². The highest BCUT2D eigenvalue weighted by Crippen LogP contribution is 2.26. The van der Waals surface area contributed by atoms with Gasteiger partial charge in [-0.2, -0.15) is 0 Å². The van der Waals surface area contributed by atoms with Crippen LogP contribution in [-0.4, -0.2) is 50.7 Å². The number of nitrogens with one attached hydrogen (secondary N) is 2. The third-order valence-corrected chi connectivity index (χ3v) is 5.89. The van der Waals surface area contributed by atoms with Crippen LogP contribution in [0.5, 0.6) is 0 Å². The summed E-state index contributed by atoms with van der Waals surface area (Å²) in [6.07, 6.45) is 7.76. The molecule has 0 atom stereocenters. The summed E-state index contributed by atoms with van der Waals surface area (Å²) in [5, 5.41) is 6.17. The zero-order chi connectivity index (χ0) is 18.5. The van der Waals surface area contributed by atoms with E-state index < -0.39 is 0 Å². The maximum Gasteiger partial charge on any atom is 0.319 e. The smallest absolute Gasteiger partial charge is 0.319 e. The van der Waals surface area contributed by atoms with Crippen molar-refractivity contribution in [1.29, 1.82) is 0 Å². The van der Waals surface area contributed by atoms with E-state index in [1.165, 1.54) is 32.2 Å². The Morgan fingerprint density at radius 2 is 1.85 bits per heavy atom. The Morgan fingerprint density at radius 3 is 2.46 bits per heavy atom. The van der Waals surface area contributed by atoms with Crippen molar-refractivity contribution in [3.63, 3.8) is 0 Å². The SMILES string of the molecule is Cc1cc(N(C)C)ccc1NC(=O)NC1CCN(CC2CCCC2)CC1. The Hall–Kier alpha value is -1.75. The molecule has 0 bridgehead atoms. The summed E-state index contributed by atoms with van der Waals surface area (Å²) in [7, 11) is 4.04. The van der Waals surface area contributed by atoms with Crippen molar-refractivity contribution < 1.29 is 4.79 Å². The van der Waals surface area contributed by atoms with Crippen LogP contribution in [0.3, 0.4) is 0 Å². The second-order valence-electron chi connectivity index (χ2n) is 8.22. The molecule has 1 aromatic rings. The van der Waals surface area contributed by atoms with Crippen LogP contribution in [0, 0.1) is 12.8 Å². The summed E-state index contributed by atoms with van der Waals surface area (Å²) >= 11 is 0. The molecule has 1 aliphatic carbocycles. The van der Waals surface area contributed by atoms with Crippen molar-refractivity contribution in [3.8, 4) is 0 Å². The molecule has 0 aromatic heterocycles. The Kier molecular flexibility index (Phi) is 6.41. The van der Waals surface area contributed by atoms with Crippen LogP contribution in [0.25, 0.3) is 0 Å². The molecular formula is C21H34N4O. The van der Waals surface area contributed by atoms with E-state index in [4.69, 9.17) is 0 Å². The predicted octanol–water partition coefficient (Wildman–Crippen LogP) is 3.84. The number of nitrogens with zero attached hydrogens (tertiary/aromatic N) is 2. The van der Waals surface area contributed by atoms with Crippen LogP contribution < -0.4 is 15.5 Å². The Balaban J connectivity index is 1.43. The lowest BCUT2D eigenvalue weighted by Gasteiger charge is -2.33. The Bertz CT molecular complexity index is 602. The number of aryl methyl sites for hydroxylation is 1. The molecule has 3 rings (SSSR count). The summed E-state index contributed by atoms with van der Waals surface area (Å²) in [5.74, 6) is 0.913. The average molecular weight is 359 g/mol. The lowest BCUT2D eigenvalue weighted by atomic mass is 10.0. The van der Waals surface area contributed by atoms with Gasteiger partial charge in [0, 0.05) is 51.1 Å². The van der Waals surface area contributed by atoms with E-state index in [2.05, 4.69) is 26.5 Å². The molecule has 144 valence electrons. The van der Waals surface area contributed by atoms with E-state index in [1.807, 2.05) is 33.2 Å². The van der Waals surface area contributed by atoms with Crippen LogP contribution in [0.1, 0.15) is 44.1 Å². The highest BCUT2D eigenvalue weighted by atomic mass is 16.2. The van der Waals surface area contributed by atoms with Crippen molar-refractivity contribution in [3.05, 3.63) is 23.8 Å². The number of likely N-dealkylation sites (tertiary alicyclic amines) is 1. The number of carbonyl (C=O) groups excluding carboxylic acids is 1. The van der Waals surface area contributed by atoms with Crippen LogP contribution in [0.15, 0.2) is 18.2 Å². The van der Waals surface area contributed by atoms with Crippen molar-refractivity contribution in [2.75, 3.05) is 43.9 Å². The van der Waals surface area contributed by atoms with Crippen molar-refractivity contribution >= 4 is 17.4 Å². The molecular weight excluding hydrogens is 324 g/mol. The molecule has 1 saturated carbocycles. The van der Waals surface area contributed by atoms with Gasteiger partial charge < -0.3 is 20.4 Å². The molecule has 5 nitrogen and oxygen atoms in total. The fourth-order valence-electron chi connectivity index (χ4n) is 4.23. The summed E-state index contributed by atoms with van der Waals surface area (Å²) in [4.78, 5) is 17.0. The first-order valence-electron chi connectivity index (χ1n) is 10.1. The van der Waals surface area contributed by atoms with Crippen LogP contribution in [-0.2, 0) is 0 Å². The number of piperidine rings is 1. The molecule has 0 radical (unpaired) electrons. The number of carbonyl (C=O) groups is 1. The van der Waals surface area contributed by atoms with Gasteiger partial charge in [-0.05, 0) is 62.3 Å². The van der Waals surface area contributed by atoms with Gasteiger partial charge >= 0.3 is 6.03 Å². The van der Waals surface area contributed by atoms with Crippen molar-refractivity contribution in [1.82, 2.24) is 10.2 Å². The summed E-state index contributed by atoms with van der Waals surface area (Å²) in [5.41, 5.74) is 3.10. The molecule has 5 heteroatoms. The van der Waals surface area contributed by atoms with Gasteiger partial charge in [0.1, 0.15) is 0 Å². The van der Waals surface area contributed by atoms with Gasteiger partial charge in [-0.1, -0.05) is 12.8 Å². The maximum atomic E-state index is 12.4. The first-order valence-corrected chi connectivity index (χ1v) is 10.1. The summed E-state index contributed by atoms with van der Waals surface area (Å²) in [6.45, 7) is 5.51. The van der Waals surface area contributed by atoms with E-state index in [1.54, 1.807) is 0 Å². The van der Waals surface area contributed by atoms with Gasteiger partial charge in [0.2, 0.25) is 0 Å². The standard InChI is InChI=1S/C21H34N4O/c1-16-14-19(24(2)3)8-9-20(16)23-21(26)22-18-10-12-25(13-11-18)15-17-6-4-5-7-17/h8-9,14,17-18H,4-7,10-13,15H2,1-3H3,(H2,22,23,26). The number of amides is 2. The van der Waals surface area contributed by atoms with Crippen LogP contribution >= 0.6 is 0 Å². The highest BCUT2D eigenvalue weighted by molar-refractivity contribution is 5.90. The minimum atomic E-state index is -0.0834. The molecule has 2 N–H and O–H groups in total. The number of hydrogen-bond donors (Lipinski definition) is 2. The fourth-order valence-corrected chi connectivity index (χ4v) is 4.23. The Labute approximate surface area is 158 Å². The van der Waals surface area contributed by atoms with Gasteiger partial charge in [-0.25, -0.2) is 4.79 Å². The fraction of sp³-hybridized carbons (Fsp3) is 0.667. The van der Waals surface area contributed by atoms with Gasteiger partial charge in [-0.15, -0.1) is 0 Å². The normalized spacial score (nSPS) is 19.5. The second-order valence-corrected chi connectivity index (χ2v) is 8.22. The van der Waals surface area contributed by atoms with Crippen LogP contribution in [0.4, 0.5) is 16.2 Å². The van der Waals surface area contributed by atoms with Gasteiger partial charge in [0.25, 0.3) is 0 Å². The lowest BCUT2D eigenvalue weighted by molar-refractivity contribution is 0.173. The van der Waals surface area contributed by atoms with Crippen molar-refractivity contribution in [2.24, 2.45) is 5.92 Å². The molecule has 1 aliphatic heterocycles. The predicted molar refractivity (Wildman–Crippen MR) is 109 cm³/mol. The van der Waals surface area contributed by atoms with E-state index in [0.717, 1.165) is 48.8 Å². The van der Waals surface area contributed by atoms with Gasteiger partial charge in [-0.3, -0.25) is 0 Å². The van der Waals surface area contributed by atoms with E-state index in [9.17, 15) is 4.79 Å². The monoisotopic (exact) mass is 358 g/mol.